The Bertz CT molecular complexity index is 225. The Hall–Kier alpha value is -0.570. The molecule has 14 heavy (non-hydrogen) atoms. The molecule has 1 aliphatic heterocycles. The molecule has 1 N–H and O–H groups in total. The van der Waals surface area contributed by atoms with Gasteiger partial charge in [0.05, 0.1) is 0 Å². The van der Waals surface area contributed by atoms with Crippen LogP contribution in [-0.4, -0.2) is 36.5 Å². The molecule has 80 valence electrons. The van der Waals surface area contributed by atoms with Gasteiger partial charge >= 0.3 is 0 Å². The summed E-state index contributed by atoms with van der Waals surface area (Å²) in [6, 6.07) is 1.03. The van der Waals surface area contributed by atoms with Gasteiger partial charge in [-0.1, -0.05) is 0 Å². The van der Waals surface area contributed by atoms with Crippen LogP contribution < -0.4 is 5.32 Å². The number of amides is 1. The molecule has 1 aliphatic carbocycles. The highest BCUT2D eigenvalue weighted by atomic mass is 16.2. The van der Waals surface area contributed by atoms with Gasteiger partial charge in [-0.15, -0.1) is 0 Å². The van der Waals surface area contributed by atoms with E-state index in [-0.39, 0.29) is 0 Å². The Morgan fingerprint density at radius 2 is 2.07 bits per heavy atom. The van der Waals surface area contributed by atoms with Crippen LogP contribution in [0.25, 0.3) is 0 Å². The highest BCUT2D eigenvalue weighted by Gasteiger charge is 2.32. The van der Waals surface area contributed by atoms with Gasteiger partial charge in [-0.2, -0.15) is 0 Å². The average Bonchev–Trinajstić information content (AvgIpc) is 2.94. The second-order valence-corrected chi connectivity index (χ2v) is 4.83. The molecule has 0 bridgehead atoms. The van der Waals surface area contributed by atoms with E-state index in [0.29, 0.717) is 23.9 Å². The quantitative estimate of drug-likeness (QED) is 0.714. The second kappa shape index (κ2) is 3.89. The summed E-state index contributed by atoms with van der Waals surface area (Å²) in [5.74, 6) is 0.650. The van der Waals surface area contributed by atoms with E-state index in [9.17, 15) is 4.79 Å². The Balaban J connectivity index is 1.78. The first kappa shape index (κ1) is 9.97. The summed E-state index contributed by atoms with van der Waals surface area (Å²) in [4.78, 5) is 13.9. The molecule has 0 radical (unpaired) electrons. The number of carbonyl (C=O) groups is 1. The molecule has 3 nitrogen and oxygen atoms in total. The Labute approximate surface area is 85.8 Å². The molecule has 2 rings (SSSR count). The largest absolute Gasteiger partial charge is 0.353 e. The van der Waals surface area contributed by atoms with Crippen LogP contribution in [0, 0.1) is 5.92 Å². The van der Waals surface area contributed by atoms with Gasteiger partial charge in [-0.3, -0.25) is 4.79 Å². The number of hydrogen-bond acceptors (Lipinski definition) is 2. The minimum absolute atomic E-state index is 0.298. The summed E-state index contributed by atoms with van der Waals surface area (Å²) in [7, 11) is 2.16. The third-order valence-corrected chi connectivity index (χ3v) is 3.50. The van der Waals surface area contributed by atoms with Crippen molar-refractivity contribution in [1.29, 1.82) is 0 Å². The van der Waals surface area contributed by atoms with E-state index in [4.69, 9.17) is 0 Å². The molecule has 1 heterocycles. The number of hydrogen-bond donors (Lipinski definition) is 1. The fraction of sp³-hybridized carbons (Fsp3) is 0.909. The van der Waals surface area contributed by atoms with Crippen molar-refractivity contribution in [3.8, 4) is 0 Å². The zero-order valence-corrected chi connectivity index (χ0v) is 9.12. The van der Waals surface area contributed by atoms with Crippen molar-refractivity contribution in [1.82, 2.24) is 10.2 Å². The summed E-state index contributed by atoms with van der Waals surface area (Å²) in [5.41, 5.74) is 0. The zero-order chi connectivity index (χ0) is 10.1. The summed E-state index contributed by atoms with van der Waals surface area (Å²) in [6.45, 7) is 3.34. The van der Waals surface area contributed by atoms with Gasteiger partial charge < -0.3 is 10.2 Å². The first-order valence-corrected chi connectivity index (χ1v) is 5.67. The van der Waals surface area contributed by atoms with Crippen LogP contribution in [0.5, 0.6) is 0 Å². The average molecular weight is 196 g/mol. The van der Waals surface area contributed by atoms with E-state index < -0.39 is 0 Å². The molecular formula is C11H20N2O. The van der Waals surface area contributed by atoms with Crippen LogP contribution in [-0.2, 0) is 4.79 Å². The van der Waals surface area contributed by atoms with Crippen LogP contribution in [0.2, 0.25) is 0 Å². The minimum Gasteiger partial charge on any atom is -0.353 e. The van der Waals surface area contributed by atoms with E-state index >= 15 is 0 Å². The Morgan fingerprint density at radius 3 is 2.64 bits per heavy atom. The third kappa shape index (κ3) is 2.27. The van der Waals surface area contributed by atoms with E-state index in [1.165, 1.54) is 0 Å². The molecule has 2 aliphatic rings. The maximum atomic E-state index is 11.5. The van der Waals surface area contributed by atoms with Gasteiger partial charge in [0.2, 0.25) is 5.91 Å². The second-order valence-electron chi connectivity index (χ2n) is 4.83. The molecule has 1 amide bonds. The van der Waals surface area contributed by atoms with Crippen molar-refractivity contribution in [3.05, 3.63) is 0 Å². The fourth-order valence-corrected chi connectivity index (χ4v) is 2.09. The van der Waals surface area contributed by atoms with Crippen LogP contribution in [0.15, 0.2) is 0 Å². The maximum Gasteiger partial charge on any atom is 0.223 e. The highest BCUT2D eigenvalue weighted by Crippen LogP contribution is 2.29. The van der Waals surface area contributed by atoms with E-state index in [1.807, 2.05) is 0 Å². The van der Waals surface area contributed by atoms with Gasteiger partial charge in [-0.05, 0) is 39.7 Å². The van der Waals surface area contributed by atoms with Crippen molar-refractivity contribution < 1.29 is 4.79 Å². The molecule has 2 atom stereocenters. The SMILES string of the molecule is CC1CC(NC(=O)C2CC2)CCN1C. The lowest BCUT2D eigenvalue weighted by atomic mass is 9.99. The number of nitrogens with zero attached hydrogens (tertiary/aromatic N) is 1. The lowest BCUT2D eigenvalue weighted by Gasteiger charge is -2.35. The van der Waals surface area contributed by atoms with Gasteiger partial charge in [0.15, 0.2) is 0 Å². The molecule has 3 heteroatoms. The molecule has 0 aromatic heterocycles. The van der Waals surface area contributed by atoms with Gasteiger partial charge in [0.25, 0.3) is 0 Å². The van der Waals surface area contributed by atoms with E-state index in [1.54, 1.807) is 0 Å². The third-order valence-electron chi connectivity index (χ3n) is 3.50. The van der Waals surface area contributed by atoms with Crippen molar-refractivity contribution >= 4 is 5.91 Å². The molecule has 1 saturated heterocycles. The van der Waals surface area contributed by atoms with Gasteiger partial charge in [0.1, 0.15) is 0 Å². The topological polar surface area (TPSA) is 32.3 Å². The molecule has 2 unspecified atom stereocenters. The van der Waals surface area contributed by atoms with Crippen LogP contribution in [0.1, 0.15) is 32.6 Å². The molecular weight excluding hydrogens is 176 g/mol. The van der Waals surface area contributed by atoms with Crippen LogP contribution >= 0.6 is 0 Å². The smallest absolute Gasteiger partial charge is 0.223 e. The van der Waals surface area contributed by atoms with Crippen molar-refractivity contribution in [2.24, 2.45) is 5.92 Å². The first-order valence-electron chi connectivity index (χ1n) is 5.67. The highest BCUT2D eigenvalue weighted by molar-refractivity contribution is 5.81. The Kier molecular flexibility index (Phi) is 2.77. The lowest BCUT2D eigenvalue weighted by Crippen LogP contribution is -2.47. The summed E-state index contributed by atoms with van der Waals surface area (Å²) in [5, 5.41) is 3.17. The molecule has 1 saturated carbocycles. The monoisotopic (exact) mass is 196 g/mol. The molecule has 0 spiro atoms. The summed E-state index contributed by atoms with van der Waals surface area (Å²) < 4.78 is 0. The molecule has 0 aromatic carbocycles. The van der Waals surface area contributed by atoms with Gasteiger partial charge in [-0.25, -0.2) is 0 Å². The number of nitrogens with one attached hydrogen (secondary N) is 1. The predicted molar refractivity (Wildman–Crippen MR) is 56.0 cm³/mol. The van der Waals surface area contributed by atoms with Crippen LogP contribution in [0.4, 0.5) is 0 Å². The van der Waals surface area contributed by atoms with Crippen molar-refractivity contribution in [2.45, 2.75) is 44.7 Å². The molecule has 2 fully saturated rings. The normalized spacial score (nSPS) is 34.1. The number of rotatable bonds is 2. The summed E-state index contributed by atoms with van der Waals surface area (Å²) in [6.07, 6.45) is 4.43. The molecule has 0 aromatic rings. The van der Waals surface area contributed by atoms with E-state index in [2.05, 4.69) is 24.2 Å². The number of carbonyl (C=O) groups excluding carboxylic acids is 1. The lowest BCUT2D eigenvalue weighted by molar-refractivity contribution is -0.123. The summed E-state index contributed by atoms with van der Waals surface area (Å²) >= 11 is 0. The van der Waals surface area contributed by atoms with Crippen molar-refractivity contribution in [2.75, 3.05) is 13.6 Å². The number of likely N-dealkylation sites (tertiary alicyclic amines) is 1. The minimum atomic E-state index is 0.298. The van der Waals surface area contributed by atoms with Gasteiger partial charge in [0, 0.05) is 24.5 Å². The predicted octanol–water partition coefficient (Wildman–Crippen LogP) is 0.995. The van der Waals surface area contributed by atoms with E-state index in [0.717, 1.165) is 32.2 Å². The number of piperidine rings is 1. The Morgan fingerprint density at radius 1 is 1.36 bits per heavy atom. The first-order chi connectivity index (χ1) is 6.66. The zero-order valence-electron chi connectivity index (χ0n) is 9.12. The fourth-order valence-electron chi connectivity index (χ4n) is 2.09. The standard InChI is InChI=1S/C11H20N2O/c1-8-7-10(5-6-13(8)2)12-11(14)9-3-4-9/h8-10H,3-7H2,1-2H3,(H,12,14). The van der Waals surface area contributed by atoms with Crippen LogP contribution in [0.3, 0.4) is 0 Å². The van der Waals surface area contributed by atoms with Crippen molar-refractivity contribution in [3.63, 3.8) is 0 Å². The maximum absolute atomic E-state index is 11.5.